The van der Waals surface area contributed by atoms with E-state index in [0.717, 1.165) is 48.2 Å². The fourth-order valence-corrected chi connectivity index (χ4v) is 3.26. The third-order valence-corrected chi connectivity index (χ3v) is 4.28. The monoisotopic (exact) mass is 309 g/mol. The van der Waals surface area contributed by atoms with E-state index in [-0.39, 0.29) is 6.04 Å². The Morgan fingerprint density at radius 3 is 2.61 bits per heavy atom. The lowest BCUT2D eigenvalue weighted by atomic mass is 10.1. The molecule has 3 aromatic heterocycles. The minimum Gasteiger partial charge on any atom is -0.467 e. The molecular formula is C17H19N5O. The smallest absolute Gasteiger partial charge is 0.176 e. The Hall–Kier alpha value is -2.63. The molecule has 0 bridgehead atoms. The maximum Gasteiger partial charge on any atom is 0.176 e. The van der Waals surface area contributed by atoms with E-state index >= 15 is 0 Å². The Kier molecular flexibility index (Phi) is 3.37. The SMILES string of the molecule is Cc1cc(C)n(-c2ccc(N3CCC[C@@H]3c3ccco3)nn2)n1. The topological polar surface area (TPSA) is 60.0 Å². The molecule has 118 valence electrons. The predicted molar refractivity (Wildman–Crippen MR) is 86.7 cm³/mol. The van der Waals surface area contributed by atoms with Crippen LogP contribution in [0.2, 0.25) is 0 Å². The number of furan rings is 1. The third-order valence-electron chi connectivity index (χ3n) is 4.28. The van der Waals surface area contributed by atoms with Crippen LogP contribution in [0.3, 0.4) is 0 Å². The minimum atomic E-state index is 0.249. The molecule has 0 N–H and O–H groups in total. The predicted octanol–water partition coefficient (Wildman–Crippen LogP) is 3.21. The Balaban J connectivity index is 1.62. The molecule has 1 fully saturated rings. The summed E-state index contributed by atoms with van der Waals surface area (Å²) < 4.78 is 7.40. The van der Waals surface area contributed by atoms with Crippen LogP contribution in [-0.4, -0.2) is 26.5 Å². The van der Waals surface area contributed by atoms with Gasteiger partial charge in [0.15, 0.2) is 11.6 Å². The zero-order chi connectivity index (χ0) is 15.8. The second kappa shape index (κ2) is 5.53. The van der Waals surface area contributed by atoms with Crippen molar-refractivity contribution in [2.45, 2.75) is 32.7 Å². The van der Waals surface area contributed by atoms with Crippen molar-refractivity contribution < 1.29 is 4.42 Å². The van der Waals surface area contributed by atoms with Gasteiger partial charge in [-0.2, -0.15) is 5.10 Å². The van der Waals surface area contributed by atoms with Crippen molar-refractivity contribution >= 4 is 5.82 Å². The highest BCUT2D eigenvalue weighted by molar-refractivity contribution is 5.43. The average Bonchev–Trinajstić information content (AvgIpc) is 3.27. The van der Waals surface area contributed by atoms with Crippen molar-refractivity contribution in [3.8, 4) is 5.82 Å². The van der Waals surface area contributed by atoms with Gasteiger partial charge in [0.05, 0.1) is 18.0 Å². The van der Waals surface area contributed by atoms with Crippen molar-refractivity contribution in [3.63, 3.8) is 0 Å². The van der Waals surface area contributed by atoms with E-state index in [2.05, 4.69) is 20.2 Å². The fraction of sp³-hybridized carbons (Fsp3) is 0.353. The molecule has 1 atom stereocenters. The van der Waals surface area contributed by atoms with E-state index in [1.807, 2.05) is 48.9 Å². The first-order chi connectivity index (χ1) is 11.2. The Morgan fingerprint density at radius 2 is 1.96 bits per heavy atom. The molecule has 0 spiro atoms. The number of hydrogen-bond donors (Lipinski definition) is 0. The molecular weight excluding hydrogens is 290 g/mol. The summed E-state index contributed by atoms with van der Waals surface area (Å²) >= 11 is 0. The van der Waals surface area contributed by atoms with Crippen molar-refractivity contribution in [2.75, 3.05) is 11.4 Å². The second-order valence-corrected chi connectivity index (χ2v) is 5.96. The highest BCUT2D eigenvalue weighted by atomic mass is 16.3. The Morgan fingerprint density at radius 1 is 1.13 bits per heavy atom. The molecule has 3 aromatic rings. The lowest BCUT2D eigenvalue weighted by Crippen LogP contribution is -2.23. The molecule has 0 unspecified atom stereocenters. The molecule has 4 rings (SSSR count). The van der Waals surface area contributed by atoms with E-state index in [9.17, 15) is 0 Å². The van der Waals surface area contributed by atoms with Crippen molar-refractivity contribution in [3.05, 3.63) is 53.7 Å². The van der Waals surface area contributed by atoms with Crippen LogP contribution in [0.4, 0.5) is 5.82 Å². The average molecular weight is 309 g/mol. The van der Waals surface area contributed by atoms with Crippen LogP contribution in [0.5, 0.6) is 0 Å². The molecule has 0 radical (unpaired) electrons. The van der Waals surface area contributed by atoms with E-state index in [4.69, 9.17) is 4.42 Å². The van der Waals surface area contributed by atoms with E-state index in [1.165, 1.54) is 0 Å². The highest BCUT2D eigenvalue weighted by Gasteiger charge is 2.29. The highest BCUT2D eigenvalue weighted by Crippen LogP contribution is 2.35. The number of nitrogens with zero attached hydrogens (tertiary/aromatic N) is 5. The largest absolute Gasteiger partial charge is 0.467 e. The van der Waals surface area contributed by atoms with Gasteiger partial charge >= 0.3 is 0 Å². The van der Waals surface area contributed by atoms with E-state index < -0.39 is 0 Å². The van der Waals surface area contributed by atoms with Crippen LogP contribution in [0.1, 0.15) is 36.0 Å². The molecule has 0 aliphatic carbocycles. The molecule has 1 saturated heterocycles. The van der Waals surface area contributed by atoms with Crippen molar-refractivity contribution in [2.24, 2.45) is 0 Å². The molecule has 0 saturated carbocycles. The first kappa shape index (κ1) is 14.0. The first-order valence-corrected chi connectivity index (χ1v) is 7.90. The van der Waals surface area contributed by atoms with Gasteiger partial charge in [-0.05, 0) is 57.0 Å². The molecule has 0 aromatic carbocycles. The molecule has 6 heteroatoms. The van der Waals surface area contributed by atoms with Crippen LogP contribution in [0.15, 0.2) is 41.0 Å². The summed E-state index contributed by atoms with van der Waals surface area (Å²) in [6.45, 7) is 4.96. The summed E-state index contributed by atoms with van der Waals surface area (Å²) in [5.41, 5.74) is 2.03. The number of hydrogen-bond acceptors (Lipinski definition) is 5. The standard InChI is InChI=1S/C17H19N5O/c1-12-11-13(2)22(20-12)17-8-7-16(18-19-17)21-9-3-5-14(21)15-6-4-10-23-15/h4,6-8,10-11,14H,3,5,9H2,1-2H3/t14-/m1/s1. The van der Waals surface area contributed by atoms with Gasteiger partial charge in [-0.1, -0.05) is 0 Å². The molecule has 1 aliphatic heterocycles. The zero-order valence-corrected chi connectivity index (χ0v) is 13.3. The molecule has 0 amide bonds. The van der Waals surface area contributed by atoms with E-state index in [1.54, 1.807) is 6.26 Å². The summed E-state index contributed by atoms with van der Waals surface area (Å²) in [4.78, 5) is 2.26. The zero-order valence-electron chi connectivity index (χ0n) is 13.3. The molecule has 1 aliphatic rings. The normalized spacial score (nSPS) is 17.8. The number of anilines is 1. The van der Waals surface area contributed by atoms with Gasteiger partial charge in [0.1, 0.15) is 5.76 Å². The third kappa shape index (κ3) is 2.50. The van der Waals surface area contributed by atoms with Gasteiger partial charge in [-0.25, -0.2) is 4.68 Å². The van der Waals surface area contributed by atoms with Gasteiger partial charge in [0, 0.05) is 12.2 Å². The lowest BCUT2D eigenvalue weighted by molar-refractivity contribution is 0.464. The van der Waals surface area contributed by atoms with E-state index in [0.29, 0.717) is 0 Å². The summed E-state index contributed by atoms with van der Waals surface area (Å²) in [6, 6.07) is 10.2. The van der Waals surface area contributed by atoms with Gasteiger partial charge in [-0.15, -0.1) is 10.2 Å². The van der Waals surface area contributed by atoms with Crippen LogP contribution < -0.4 is 4.90 Å². The van der Waals surface area contributed by atoms with Gasteiger partial charge in [-0.3, -0.25) is 0 Å². The first-order valence-electron chi connectivity index (χ1n) is 7.90. The summed E-state index contributed by atoms with van der Waals surface area (Å²) in [5, 5.41) is 13.2. The van der Waals surface area contributed by atoms with Gasteiger partial charge in [0.2, 0.25) is 0 Å². The Labute approximate surface area is 134 Å². The summed E-state index contributed by atoms with van der Waals surface area (Å²) in [6.07, 6.45) is 3.93. The van der Waals surface area contributed by atoms with Crippen LogP contribution >= 0.6 is 0 Å². The van der Waals surface area contributed by atoms with Gasteiger partial charge < -0.3 is 9.32 Å². The second-order valence-electron chi connectivity index (χ2n) is 5.96. The number of aromatic nitrogens is 4. The molecule has 23 heavy (non-hydrogen) atoms. The quantitative estimate of drug-likeness (QED) is 0.743. The van der Waals surface area contributed by atoms with Crippen molar-refractivity contribution in [1.29, 1.82) is 0 Å². The maximum atomic E-state index is 5.58. The van der Waals surface area contributed by atoms with Crippen molar-refractivity contribution in [1.82, 2.24) is 20.0 Å². The maximum absolute atomic E-state index is 5.58. The van der Waals surface area contributed by atoms with Crippen LogP contribution in [-0.2, 0) is 0 Å². The number of aryl methyl sites for hydroxylation is 2. The summed E-state index contributed by atoms with van der Waals surface area (Å²) in [7, 11) is 0. The minimum absolute atomic E-state index is 0.249. The Bertz CT molecular complexity index is 791. The van der Waals surface area contributed by atoms with Gasteiger partial charge in [0.25, 0.3) is 0 Å². The number of rotatable bonds is 3. The summed E-state index contributed by atoms with van der Waals surface area (Å²) in [5.74, 6) is 2.62. The fourth-order valence-electron chi connectivity index (χ4n) is 3.26. The molecule has 6 nitrogen and oxygen atoms in total. The molecule has 4 heterocycles. The lowest BCUT2D eigenvalue weighted by Gasteiger charge is -2.23. The van der Waals surface area contributed by atoms with Crippen LogP contribution in [0, 0.1) is 13.8 Å². The van der Waals surface area contributed by atoms with Crippen LogP contribution in [0.25, 0.3) is 5.82 Å².